The van der Waals surface area contributed by atoms with E-state index in [2.05, 4.69) is 5.32 Å². The van der Waals surface area contributed by atoms with Crippen LogP contribution in [0.15, 0.2) is 30.3 Å². The predicted molar refractivity (Wildman–Crippen MR) is 73.6 cm³/mol. The van der Waals surface area contributed by atoms with Gasteiger partial charge in [-0.2, -0.15) is 0 Å². The van der Waals surface area contributed by atoms with Gasteiger partial charge >= 0.3 is 0 Å². The Labute approximate surface area is 112 Å². The first-order chi connectivity index (χ1) is 9.07. The molecule has 0 heterocycles. The van der Waals surface area contributed by atoms with Gasteiger partial charge in [0.2, 0.25) is 5.91 Å². The highest BCUT2D eigenvalue weighted by molar-refractivity contribution is 5.91. The minimum atomic E-state index is -0.720. The van der Waals surface area contributed by atoms with Crippen molar-refractivity contribution in [2.75, 3.05) is 6.54 Å². The lowest BCUT2D eigenvalue weighted by Crippen LogP contribution is -2.40. The van der Waals surface area contributed by atoms with Crippen LogP contribution in [0.25, 0.3) is 6.08 Å². The molecule has 0 aromatic heterocycles. The standard InChI is InChI=1S/C15H19NO3/c17-13-6-3-12(4-7-13)5-8-14(18)16-11-15(19)9-1-2-10-15/h3-8,17,19H,1-2,9-11H2,(H,16,18). The van der Waals surface area contributed by atoms with Gasteiger partial charge < -0.3 is 15.5 Å². The van der Waals surface area contributed by atoms with Crippen molar-refractivity contribution in [2.24, 2.45) is 0 Å². The van der Waals surface area contributed by atoms with Gasteiger partial charge in [-0.05, 0) is 36.6 Å². The van der Waals surface area contributed by atoms with E-state index in [1.807, 2.05) is 0 Å². The molecule has 1 aliphatic carbocycles. The third-order valence-corrected chi connectivity index (χ3v) is 3.45. The highest BCUT2D eigenvalue weighted by Crippen LogP contribution is 2.28. The SMILES string of the molecule is O=C(C=Cc1ccc(O)cc1)NCC1(O)CCCC1. The van der Waals surface area contributed by atoms with Crippen LogP contribution >= 0.6 is 0 Å². The summed E-state index contributed by atoms with van der Waals surface area (Å²) >= 11 is 0. The van der Waals surface area contributed by atoms with Crippen LogP contribution in [0.5, 0.6) is 5.75 Å². The average Bonchev–Trinajstić information content (AvgIpc) is 2.83. The normalized spacial score (nSPS) is 17.7. The molecule has 3 N–H and O–H groups in total. The lowest BCUT2D eigenvalue weighted by Gasteiger charge is -2.21. The zero-order valence-electron chi connectivity index (χ0n) is 10.8. The fourth-order valence-corrected chi connectivity index (χ4v) is 2.28. The number of rotatable bonds is 4. The molecule has 0 spiro atoms. The second kappa shape index (κ2) is 5.89. The summed E-state index contributed by atoms with van der Waals surface area (Å²) in [5.41, 5.74) is 0.120. The van der Waals surface area contributed by atoms with Crippen molar-refractivity contribution in [1.29, 1.82) is 0 Å². The number of carbonyl (C=O) groups excluding carboxylic acids is 1. The summed E-state index contributed by atoms with van der Waals surface area (Å²) in [6.45, 7) is 0.311. The highest BCUT2D eigenvalue weighted by atomic mass is 16.3. The minimum Gasteiger partial charge on any atom is -0.508 e. The highest BCUT2D eigenvalue weighted by Gasteiger charge is 2.30. The number of phenolic OH excluding ortho intramolecular Hbond substituents is 1. The van der Waals surface area contributed by atoms with E-state index < -0.39 is 5.60 Å². The van der Waals surface area contributed by atoms with Crippen LogP contribution in [0.3, 0.4) is 0 Å². The van der Waals surface area contributed by atoms with Gasteiger partial charge in [0.15, 0.2) is 0 Å². The van der Waals surface area contributed by atoms with Gasteiger partial charge in [-0.3, -0.25) is 4.79 Å². The predicted octanol–water partition coefficient (Wildman–Crippen LogP) is 1.83. The molecule has 1 amide bonds. The number of nitrogens with one attached hydrogen (secondary N) is 1. The molecule has 0 radical (unpaired) electrons. The van der Waals surface area contributed by atoms with E-state index in [1.54, 1.807) is 30.3 Å². The van der Waals surface area contributed by atoms with Gasteiger partial charge in [0.25, 0.3) is 0 Å². The van der Waals surface area contributed by atoms with Gasteiger partial charge in [-0.1, -0.05) is 25.0 Å². The van der Waals surface area contributed by atoms with Crippen LogP contribution in [0.1, 0.15) is 31.2 Å². The smallest absolute Gasteiger partial charge is 0.244 e. The molecule has 1 aliphatic rings. The molecule has 2 rings (SSSR count). The Morgan fingerprint density at radius 2 is 1.89 bits per heavy atom. The molecule has 19 heavy (non-hydrogen) atoms. The first kappa shape index (κ1) is 13.6. The number of hydrogen-bond donors (Lipinski definition) is 3. The Balaban J connectivity index is 1.82. The summed E-state index contributed by atoms with van der Waals surface area (Å²) in [7, 11) is 0. The van der Waals surface area contributed by atoms with Crippen molar-refractivity contribution in [2.45, 2.75) is 31.3 Å². The maximum absolute atomic E-state index is 11.6. The number of carbonyl (C=O) groups is 1. The zero-order valence-corrected chi connectivity index (χ0v) is 10.8. The van der Waals surface area contributed by atoms with Crippen LogP contribution < -0.4 is 5.32 Å². The van der Waals surface area contributed by atoms with Gasteiger partial charge in [0, 0.05) is 12.6 Å². The van der Waals surface area contributed by atoms with Gasteiger partial charge in [-0.25, -0.2) is 0 Å². The number of phenols is 1. The van der Waals surface area contributed by atoms with Gasteiger partial charge in [0.1, 0.15) is 5.75 Å². The van der Waals surface area contributed by atoms with E-state index in [0.29, 0.717) is 6.54 Å². The summed E-state index contributed by atoms with van der Waals surface area (Å²) in [5.74, 6) is -0.0153. The Hall–Kier alpha value is -1.81. The molecule has 4 heteroatoms. The first-order valence-electron chi connectivity index (χ1n) is 6.55. The molecule has 102 valence electrons. The van der Waals surface area contributed by atoms with E-state index in [1.165, 1.54) is 6.08 Å². The van der Waals surface area contributed by atoms with Crippen LogP contribution in [0, 0.1) is 0 Å². The lowest BCUT2D eigenvalue weighted by atomic mass is 10.0. The monoisotopic (exact) mass is 261 g/mol. The summed E-state index contributed by atoms with van der Waals surface area (Å²) in [4.78, 5) is 11.6. The van der Waals surface area contributed by atoms with Crippen LogP contribution in [-0.4, -0.2) is 28.3 Å². The third kappa shape index (κ3) is 4.10. The molecule has 0 bridgehead atoms. The average molecular weight is 261 g/mol. The number of hydrogen-bond acceptors (Lipinski definition) is 3. The van der Waals surface area contributed by atoms with Crippen molar-refractivity contribution >= 4 is 12.0 Å². The second-order valence-electron chi connectivity index (χ2n) is 5.07. The Morgan fingerprint density at radius 3 is 2.53 bits per heavy atom. The van der Waals surface area contributed by atoms with Crippen LogP contribution in [-0.2, 0) is 4.79 Å². The molecule has 0 aliphatic heterocycles. The van der Waals surface area contributed by atoms with Crippen molar-refractivity contribution < 1.29 is 15.0 Å². The maximum Gasteiger partial charge on any atom is 0.244 e. The van der Waals surface area contributed by atoms with Crippen molar-refractivity contribution in [3.05, 3.63) is 35.9 Å². The van der Waals surface area contributed by atoms with Crippen LogP contribution in [0.2, 0.25) is 0 Å². The van der Waals surface area contributed by atoms with Crippen molar-refractivity contribution in [3.63, 3.8) is 0 Å². The first-order valence-corrected chi connectivity index (χ1v) is 6.55. The Kier molecular flexibility index (Phi) is 4.22. The molecular formula is C15H19NO3. The number of amides is 1. The van der Waals surface area contributed by atoms with E-state index in [-0.39, 0.29) is 11.7 Å². The van der Waals surface area contributed by atoms with Gasteiger partial charge in [-0.15, -0.1) is 0 Å². The molecule has 1 aromatic rings. The zero-order chi connectivity index (χ0) is 13.7. The lowest BCUT2D eigenvalue weighted by molar-refractivity contribution is -0.117. The topological polar surface area (TPSA) is 69.6 Å². The van der Waals surface area contributed by atoms with E-state index >= 15 is 0 Å². The van der Waals surface area contributed by atoms with E-state index in [0.717, 1.165) is 31.2 Å². The summed E-state index contributed by atoms with van der Waals surface area (Å²) < 4.78 is 0. The molecule has 0 atom stereocenters. The Bertz CT molecular complexity index is 459. The fourth-order valence-electron chi connectivity index (χ4n) is 2.28. The molecule has 0 saturated heterocycles. The molecule has 4 nitrogen and oxygen atoms in total. The fraction of sp³-hybridized carbons (Fsp3) is 0.400. The molecule has 1 aromatic carbocycles. The van der Waals surface area contributed by atoms with Gasteiger partial charge in [0.05, 0.1) is 5.60 Å². The maximum atomic E-state index is 11.6. The molecule has 0 unspecified atom stereocenters. The molecule has 1 fully saturated rings. The molecular weight excluding hydrogens is 242 g/mol. The van der Waals surface area contributed by atoms with E-state index in [9.17, 15) is 9.90 Å². The van der Waals surface area contributed by atoms with Crippen LogP contribution in [0.4, 0.5) is 0 Å². The number of aliphatic hydroxyl groups is 1. The third-order valence-electron chi connectivity index (χ3n) is 3.45. The Morgan fingerprint density at radius 1 is 1.26 bits per heavy atom. The largest absolute Gasteiger partial charge is 0.508 e. The summed E-state index contributed by atoms with van der Waals surface area (Å²) in [6.07, 6.45) is 6.67. The summed E-state index contributed by atoms with van der Waals surface area (Å²) in [5, 5.41) is 21.9. The summed E-state index contributed by atoms with van der Waals surface area (Å²) in [6, 6.07) is 6.59. The van der Waals surface area contributed by atoms with Crippen molar-refractivity contribution in [1.82, 2.24) is 5.32 Å². The van der Waals surface area contributed by atoms with E-state index in [4.69, 9.17) is 5.11 Å². The number of aromatic hydroxyl groups is 1. The van der Waals surface area contributed by atoms with Crippen molar-refractivity contribution in [3.8, 4) is 5.75 Å². The number of benzene rings is 1. The second-order valence-corrected chi connectivity index (χ2v) is 5.07. The molecule has 1 saturated carbocycles. The quantitative estimate of drug-likeness (QED) is 0.724. The minimum absolute atomic E-state index is 0.199.